The number of aryl methyl sites for hydroxylation is 1. The molecule has 0 aliphatic rings. The van der Waals surface area contributed by atoms with Crippen LogP contribution in [0.25, 0.3) is 23.0 Å². The first kappa shape index (κ1) is 27.2. The number of benzene rings is 3. The minimum Gasteiger partial charge on any atom is -0.297 e. The molecule has 0 aliphatic heterocycles. The highest BCUT2D eigenvalue weighted by molar-refractivity contribution is 7.19. The normalized spacial score (nSPS) is 11.5. The number of aromatic nitrogens is 3. The van der Waals surface area contributed by atoms with Crippen LogP contribution in [0.3, 0.4) is 0 Å². The molecule has 2 aromatic heterocycles. The van der Waals surface area contributed by atoms with E-state index in [0.717, 1.165) is 22.5 Å². The van der Waals surface area contributed by atoms with Crippen LogP contribution in [0.15, 0.2) is 106 Å². The minimum absolute atomic E-state index is 0.0830. The summed E-state index contributed by atoms with van der Waals surface area (Å²) in [6.07, 6.45) is 1.51. The van der Waals surface area contributed by atoms with Crippen molar-refractivity contribution in [3.05, 3.63) is 118 Å². The quantitative estimate of drug-likeness (QED) is 0.133. The molecule has 0 spiro atoms. The molecule has 0 fully saturated rings. The number of azo groups is 1. The van der Waals surface area contributed by atoms with Gasteiger partial charge in [-0.1, -0.05) is 77.6 Å². The third-order valence-corrected chi connectivity index (χ3v) is 7.24. The lowest BCUT2D eigenvalue weighted by Gasteiger charge is -2.07. The third-order valence-electron chi connectivity index (χ3n) is 6.39. The van der Waals surface area contributed by atoms with Gasteiger partial charge in [-0.15, -0.1) is 10.2 Å². The molecule has 41 heavy (non-hydrogen) atoms. The van der Waals surface area contributed by atoms with Crippen LogP contribution < -0.4 is 10.9 Å². The second-order valence-electron chi connectivity index (χ2n) is 9.18. The highest BCUT2D eigenvalue weighted by Gasteiger charge is 2.25. The molecule has 0 aliphatic carbocycles. The largest absolute Gasteiger partial charge is 0.297 e. The maximum Gasteiger partial charge on any atom is 0.281 e. The first-order chi connectivity index (χ1) is 19.9. The number of nitrogens with zero attached hydrogens (tertiary/aromatic N) is 6. The molecule has 5 aromatic rings. The van der Waals surface area contributed by atoms with E-state index in [4.69, 9.17) is 0 Å². The standard InChI is InChI=1S/C31H25N7O2S/c1-20-14-16-22(17-15-20)18-23(19-32)28(39)34-31-33-27(29(41-31)36-35-24-10-6-4-7-11-24)26-21(2)37(3)38(30(26)40)25-12-8-5-9-13-25/h4-18H,1-3H3,(H,33,34,39)/b23-18+,36-35?. The van der Waals surface area contributed by atoms with E-state index in [1.165, 1.54) is 6.08 Å². The number of rotatable bonds is 7. The number of carbonyl (C=O) groups is 1. The summed E-state index contributed by atoms with van der Waals surface area (Å²) in [7, 11) is 1.79. The highest BCUT2D eigenvalue weighted by Crippen LogP contribution is 2.39. The Kier molecular flexibility index (Phi) is 7.80. The molecule has 0 unspecified atom stereocenters. The van der Waals surface area contributed by atoms with Crippen molar-refractivity contribution in [3.8, 4) is 23.0 Å². The zero-order valence-corrected chi connectivity index (χ0v) is 23.4. The summed E-state index contributed by atoms with van der Waals surface area (Å²) in [6.45, 7) is 3.78. The first-order valence-electron chi connectivity index (χ1n) is 12.7. The summed E-state index contributed by atoms with van der Waals surface area (Å²) in [6, 6.07) is 27.9. The number of para-hydroxylation sites is 1. The van der Waals surface area contributed by atoms with E-state index in [1.807, 2.05) is 92.7 Å². The molecule has 0 atom stereocenters. The second-order valence-corrected chi connectivity index (χ2v) is 10.2. The van der Waals surface area contributed by atoms with E-state index >= 15 is 0 Å². The smallest absolute Gasteiger partial charge is 0.281 e. The first-order valence-corrected chi connectivity index (χ1v) is 13.5. The number of hydrogen-bond acceptors (Lipinski definition) is 7. The number of nitriles is 1. The molecule has 1 N–H and O–H groups in total. The maximum absolute atomic E-state index is 13.7. The fourth-order valence-corrected chi connectivity index (χ4v) is 4.97. The SMILES string of the molecule is Cc1ccc(/C=C(\C#N)C(=O)Nc2nc(-c3c(C)n(C)n(-c4ccccc4)c3=O)c(N=Nc3ccccc3)s2)cc1. The van der Waals surface area contributed by atoms with Gasteiger partial charge in [-0.3, -0.25) is 19.6 Å². The Balaban J connectivity index is 1.57. The monoisotopic (exact) mass is 559 g/mol. The van der Waals surface area contributed by atoms with Crippen molar-refractivity contribution in [2.24, 2.45) is 17.3 Å². The second kappa shape index (κ2) is 11.8. The predicted octanol–water partition coefficient (Wildman–Crippen LogP) is 6.88. The summed E-state index contributed by atoms with van der Waals surface area (Å²) < 4.78 is 3.30. The summed E-state index contributed by atoms with van der Waals surface area (Å²) in [5.41, 5.74) is 4.04. The summed E-state index contributed by atoms with van der Waals surface area (Å²) in [5.74, 6) is -0.619. The van der Waals surface area contributed by atoms with E-state index in [-0.39, 0.29) is 16.3 Å². The minimum atomic E-state index is -0.619. The summed E-state index contributed by atoms with van der Waals surface area (Å²) >= 11 is 1.07. The van der Waals surface area contributed by atoms with Crippen molar-refractivity contribution in [3.63, 3.8) is 0 Å². The van der Waals surface area contributed by atoms with Crippen molar-refractivity contribution < 1.29 is 4.79 Å². The molecule has 0 radical (unpaired) electrons. The maximum atomic E-state index is 13.7. The number of anilines is 1. The van der Waals surface area contributed by atoms with E-state index in [9.17, 15) is 14.9 Å². The van der Waals surface area contributed by atoms with E-state index < -0.39 is 5.91 Å². The molecule has 202 valence electrons. The zero-order valence-electron chi connectivity index (χ0n) is 22.6. The number of amides is 1. The Morgan fingerprint density at radius 3 is 2.29 bits per heavy atom. The van der Waals surface area contributed by atoms with Crippen LogP contribution >= 0.6 is 11.3 Å². The average Bonchev–Trinajstić information content (AvgIpc) is 3.48. The van der Waals surface area contributed by atoms with Crippen LogP contribution in [0, 0.1) is 25.2 Å². The highest BCUT2D eigenvalue weighted by atomic mass is 32.1. The van der Waals surface area contributed by atoms with Crippen LogP contribution in [0.4, 0.5) is 15.8 Å². The third kappa shape index (κ3) is 5.80. The van der Waals surface area contributed by atoms with Gasteiger partial charge in [0.05, 0.1) is 16.9 Å². The van der Waals surface area contributed by atoms with Gasteiger partial charge in [0.2, 0.25) is 0 Å². The topological polar surface area (TPSA) is 117 Å². The van der Waals surface area contributed by atoms with Gasteiger partial charge in [0.15, 0.2) is 10.1 Å². The summed E-state index contributed by atoms with van der Waals surface area (Å²) in [4.78, 5) is 31.4. The fourth-order valence-electron chi connectivity index (χ4n) is 4.18. The van der Waals surface area contributed by atoms with Gasteiger partial charge < -0.3 is 0 Å². The van der Waals surface area contributed by atoms with Crippen molar-refractivity contribution in [2.45, 2.75) is 13.8 Å². The van der Waals surface area contributed by atoms with Crippen LogP contribution in [0.5, 0.6) is 0 Å². The van der Waals surface area contributed by atoms with E-state index in [2.05, 4.69) is 20.5 Å². The van der Waals surface area contributed by atoms with Crippen LogP contribution in [0.2, 0.25) is 0 Å². The Hall–Kier alpha value is -5.40. The summed E-state index contributed by atoms with van der Waals surface area (Å²) in [5, 5.41) is 21.6. The molecule has 10 heteroatoms. The van der Waals surface area contributed by atoms with Gasteiger partial charge in [0.25, 0.3) is 11.5 Å². The molecule has 0 saturated carbocycles. The molecular formula is C31H25N7O2S. The molecule has 5 rings (SSSR count). The van der Waals surface area contributed by atoms with E-state index in [1.54, 1.807) is 28.5 Å². The van der Waals surface area contributed by atoms with Crippen LogP contribution in [0.1, 0.15) is 16.8 Å². The lowest BCUT2D eigenvalue weighted by molar-refractivity contribution is -0.112. The Morgan fingerprint density at radius 1 is 0.976 bits per heavy atom. The molecule has 0 bridgehead atoms. The average molecular weight is 560 g/mol. The lowest BCUT2D eigenvalue weighted by atomic mass is 10.1. The Labute approximate surface area is 240 Å². The molecular weight excluding hydrogens is 534 g/mol. The van der Waals surface area contributed by atoms with Crippen molar-refractivity contribution in [2.75, 3.05) is 5.32 Å². The number of thiazole rings is 1. The van der Waals surface area contributed by atoms with Gasteiger partial charge in [-0.25, -0.2) is 9.67 Å². The number of nitrogens with one attached hydrogen (secondary N) is 1. The van der Waals surface area contributed by atoms with Gasteiger partial charge in [-0.2, -0.15) is 5.26 Å². The molecule has 1 amide bonds. The zero-order chi connectivity index (χ0) is 28.9. The Bertz CT molecular complexity index is 1880. The number of hydrogen-bond donors (Lipinski definition) is 1. The lowest BCUT2D eigenvalue weighted by Crippen LogP contribution is -2.20. The molecule has 2 heterocycles. The van der Waals surface area contributed by atoms with Gasteiger partial charge in [0.1, 0.15) is 17.3 Å². The van der Waals surface area contributed by atoms with Crippen LogP contribution in [-0.2, 0) is 11.8 Å². The molecule has 0 saturated heterocycles. The van der Waals surface area contributed by atoms with Crippen molar-refractivity contribution in [1.29, 1.82) is 5.26 Å². The van der Waals surface area contributed by atoms with Crippen LogP contribution in [-0.4, -0.2) is 20.3 Å². The Morgan fingerprint density at radius 2 is 1.63 bits per heavy atom. The fraction of sp³-hybridized carbons (Fsp3) is 0.0968. The molecule has 3 aromatic carbocycles. The van der Waals surface area contributed by atoms with Gasteiger partial charge in [0, 0.05) is 12.7 Å². The predicted molar refractivity (Wildman–Crippen MR) is 161 cm³/mol. The van der Waals surface area contributed by atoms with Gasteiger partial charge >= 0.3 is 0 Å². The van der Waals surface area contributed by atoms with E-state index in [0.29, 0.717) is 33.3 Å². The van der Waals surface area contributed by atoms with Crippen molar-refractivity contribution >= 4 is 39.1 Å². The van der Waals surface area contributed by atoms with Crippen molar-refractivity contribution in [1.82, 2.24) is 14.3 Å². The number of carbonyl (C=O) groups excluding carboxylic acids is 1. The van der Waals surface area contributed by atoms with Gasteiger partial charge in [-0.05, 0) is 49.8 Å². The molecule has 9 nitrogen and oxygen atoms in total.